The molecule has 13 heavy (non-hydrogen) atoms. The van der Waals surface area contributed by atoms with Crippen LogP contribution in [-0.2, 0) is 4.74 Å². The Morgan fingerprint density at radius 2 is 2.23 bits per heavy atom. The van der Waals surface area contributed by atoms with Crippen LogP contribution in [0.15, 0.2) is 24.3 Å². The van der Waals surface area contributed by atoms with Crippen LogP contribution in [0.3, 0.4) is 0 Å². The van der Waals surface area contributed by atoms with Crippen molar-refractivity contribution in [2.75, 3.05) is 20.3 Å². The lowest BCUT2D eigenvalue weighted by Crippen LogP contribution is -2.00. The quantitative estimate of drug-likeness (QED) is 0.691. The van der Waals surface area contributed by atoms with Crippen LogP contribution in [0.4, 0.5) is 0 Å². The Labute approximate surface area is 78.5 Å². The minimum absolute atomic E-state index is 0.524. The van der Waals surface area contributed by atoms with E-state index < -0.39 is 0 Å². The number of hydrogen-bond donors (Lipinski definition) is 0. The Balaban J connectivity index is 2.26. The van der Waals surface area contributed by atoms with Gasteiger partial charge in [-0.15, -0.1) is 0 Å². The maximum atomic E-state index is 5.36. The molecule has 0 N–H and O–H groups in total. The van der Waals surface area contributed by atoms with Gasteiger partial charge in [0.1, 0.15) is 5.75 Å². The topological polar surface area (TPSA) is 18.5 Å². The number of hydrogen-bond acceptors (Lipinski definition) is 2. The summed E-state index contributed by atoms with van der Waals surface area (Å²) in [7, 11) is 1.72. The first-order valence-electron chi connectivity index (χ1n) is 4.62. The fourth-order valence-electron chi connectivity index (χ4n) is 1.78. The molecule has 1 atom stereocenters. The SMILES string of the molecule is COc1ccccc1C1CCOC1. The molecule has 1 aliphatic rings. The van der Waals surface area contributed by atoms with Crippen molar-refractivity contribution in [3.05, 3.63) is 29.8 Å². The van der Waals surface area contributed by atoms with Gasteiger partial charge >= 0.3 is 0 Å². The molecule has 0 saturated carbocycles. The first-order valence-corrected chi connectivity index (χ1v) is 4.62. The maximum Gasteiger partial charge on any atom is 0.122 e. The third kappa shape index (κ3) is 1.68. The highest BCUT2D eigenvalue weighted by Crippen LogP contribution is 2.31. The molecular weight excluding hydrogens is 164 g/mol. The molecule has 1 aromatic rings. The lowest BCUT2D eigenvalue weighted by molar-refractivity contribution is 0.193. The molecule has 0 radical (unpaired) electrons. The molecule has 1 heterocycles. The minimum atomic E-state index is 0.524. The predicted molar refractivity (Wildman–Crippen MR) is 51.2 cm³/mol. The zero-order valence-corrected chi connectivity index (χ0v) is 7.82. The standard InChI is InChI=1S/C11H14O2/c1-12-11-5-3-2-4-10(11)9-6-7-13-8-9/h2-5,9H,6-8H2,1H3. The summed E-state index contributed by atoms with van der Waals surface area (Å²) in [6.07, 6.45) is 1.11. The third-order valence-corrected chi connectivity index (χ3v) is 2.51. The van der Waals surface area contributed by atoms with Crippen molar-refractivity contribution in [3.63, 3.8) is 0 Å². The van der Waals surface area contributed by atoms with Crippen molar-refractivity contribution < 1.29 is 9.47 Å². The Morgan fingerprint density at radius 1 is 1.38 bits per heavy atom. The van der Waals surface area contributed by atoms with Gasteiger partial charge in [-0.2, -0.15) is 0 Å². The van der Waals surface area contributed by atoms with Gasteiger partial charge in [-0.1, -0.05) is 18.2 Å². The van der Waals surface area contributed by atoms with Crippen molar-refractivity contribution in [2.24, 2.45) is 0 Å². The van der Waals surface area contributed by atoms with Crippen LogP contribution >= 0.6 is 0 Å². The molecule has 1 aromatic carbocycles. The van der Waals surface area contributed by atoms with Crippen LogP contribution in [0.5, 0.6) is 5.75 Å². The number of para-hydroxylation sites is 1. The molecular formula is C11H14O2. The highest BCUT2D eigenvalue weighted by molar-refractivity contribution is 5.36. The fraction of sp³-hybridized carbons (Fsp3) is 0.455. The van der Waals surface area contributed by atoms with E-state index in [9.17, 15) is 0 Å². The molecule has 0 spiro atoms. The molecule has 2 rings (SSSR count). The molecule has 1 saturated heterocycles. The summed E-state index contributed by atoms with van der Waals surface area (Å²) in [5, 5.41) is 0. The van der Waals surface area contributed by atoms with Crippen molar-refractivity contribution in [3.8, 4) is 5.75 Å². The van der Waals surface area contributed by atoms with Gasteiger partial charge in [0.25, 0.3) is 0 Å². The molecule has 0 amide bonds. The average molecular weight is 178 g/mol. The molecule has 2 heteroatoms. The van der Waals surface area contributed by atoms with Crippen LogP contribution in [0.2, 0.25) is 0 Å². The zero-order chi connectivity index (χ0) is 9.10. The van der Waals surface area contributed by atoms with E-state index in [1.54, 1.807) is 7.11 Å². The van der Waals surface area contributed by atoms with E-state index in [1.165, 1.54) is 5.56 Å². The van der Waals surface area contributed by atoms with Crippen LogP contribution in [0.1, 0.15) is 17.9 Å². The highest BCUT2D eigenvalue weighted by Gasteiger charge is 2.20. The summed E-state index contributed by atoms with van der Waals surface area (Å²) in [5.41, 5.74) is 1.28. The van der Waals surface area contributed by atoms with Gasteiger partial charge in [0.05, 0.1) is 13.7 Å². The Hall–Kier alpha value is -1.02. The van der Waals surface area contributed by atoms with Crippen LogP contribution in [0.25, 0.3) is 0 Å². The van der Waals surface area contributed by atoms with E-state index in [4.69, 9.17) is 9.47 Å². The fourth-order valence-corrected chi connectivity index (χ4v) is 1.78. The van der Waals surface area contributed by atoms with Gasteiger partial charge in [0.2, 0.25) is 0 Å². The van der Waals surface area contributed by atoms with Crippen molar-refractivity contribution >= 4 is 0 Å². The van der Waals surface area contributed by atoms with E-state index in [-0.39, 0.29) is 0 Å². The molecule has 1 fully saturated rings. The summed E-state index contributed by atoms with van der Waals surface area (Å²) >= 11 is 0. The number of methoxy groups -OCH3 is 1. The Bertz CT molecular complexity index is 277. The minimum Gasteiger partial charge on any atom is -0.496 e. The molecule has 1 unspecified atom stereocenters. The number of rotatable bonds is 2. The second kappa shape index (κ2) is 3.79. The normalized spacial score (nSPS) is 21.8. The average Bonchev–Trinajstić information content (AvgIpc) is 2.70. The van der Waals surface area contributed by atoms with E-state index in [0.717, 1.165) is 25.4 Å². The summed E-state index contributed by atoms with van der Waals surface area (Å²) in [4.78, 5) is 0. The maximum absolute atomic E-state index is 5.36. The van der Waals surface area contributed by atoms with Gasteiger partial charge in [0.15, 0.2) is 0 Å². The Morgan fingerprint density at radius 3 is 2.92 bits per heavy atom. The lowest BCUT2D eigenvalue weighted by atomic mass is 9.98. The first-order chi connectivity index (χ1) is 6.42. The summed E-state index contributed by atoms with van der Waals surface area (Å²) < 4.78 is 10.7. The smallest absolute Gasteiger partial charge is 0.122 e. The van der Waals surface area contributed by atoms with Crippen molar-refractivity contribution in [1.82, 2.24) is 0 Å². The van der Waals surface area contributed by atoms with Gasteiger partial charge in [-0.05, 0) is 18.1 Å². The number of ether oxygens (including phenoxy) is 2. The van der Waals surface area contributed by atoms with Gasteiger partial charge < -0.3 is 9.47 Å². The van der Waals surface area contributed by atoms with Crippen molar-refractivity contribution in [1.29, 1.82) is 0 Å². The molecule has 0 bridgehead atoms. The molecule has 0 aliphatic carbocycles. The second-order valence-electron chi connectivity index (χ2n) is 3.30. The monoisotopic (exact) mass is 178 g/mol. The van der Waals surface area contributed by atoms with E-state index in [1.807, 2.05) is 12.1 Å². The summed E-state index contributed by atoms with van der Waals surface area (Å²) in [5.74, 6) is 1.51. The first kappa shape index (κ1) is 8.57. The lowest BCUT2D eigenvalue weighted by Gasteiger charge is -2.12. The van der Waals surface area contributed by atoms with Crippen LogP contribution in [-0.4, -0.2) is 20.3 Å². The van der Waals surface area contributed by atoms with E-state index in [2.05, 4.69) is 12.1 Å². The summed E-state index contributed by atoms with van der Waals surface area (Å²) in [6.45, 7) is 1.71. The van der Waals surface area contributed by atoms with Gasteiger partial charge in [-0.3, -0.25) is 0 Å². The largest absolute Gasteiger partial charge is 0.496 e. The zero-order valence-electron chi connectivity index (χ0n) is 7.82. The van der Waals surface area contributed by atoms with Crippen molar-refractivity contribution in [2.45, 2.75) is 12.3 Å². The summed E-state index contributed by atoms with van der Waals surface area (Å²) in [6, 6.07) is 8.18. The second-order valence-corrected chi connectivity index (χ2v) is 3.30. The molecule has 1 aliphatic heterocycles. The number of benzene rings is 1. The highest BCUT2D eigenvalue weighted by atomic mass is 16.5. The molecule has 70 valence electrons. The van der Waals surface area contributed by atoms with Crippen LogP contribution in [0, 0.1) is 0 Å². The molecule has 0 aromatic heterocycles. The Kier molecular flexibility index (Phi) is 2.50. The molecule has 2 nitrogen and oxygen atoms in total. The van der Waals surface area contributed by atoms with E-state index in [0.29, 0.717) is 5.92 Å². The predicted octanol–water partition coefficient (Wildman–Crippen LogP) is 2.20. The third-order valence-electron chi connectivity index (χ3n) is 2.51. The van der Waals surface area contributed by atoms with Gasteiger partial charge in [-0.25, -0.2) is 0 Å². The van der Waals surface area contributed by atoms with Crippen LogP contribution < -0.4 is 4.74 Å². The van der Waals surface area contributed by atoms with E-state index >= 15 is 0 Å². The van der Waals surface area contributed by atoms with Gasteiger partial charge in [0, 0.05) is 12.5 Å².